The predicted molar refractivity (Wildman–Crippen MR) is 118 cm³/mol. The van der Waals surface area contributed by atoms with Crippen LogP contribution in [0.25, 0.3) is 21.5 Å². The molecule has 0 radical (unpaired) electrons. The Bertz CT molecular complexity index is 1450. The van der Waals surface area contributed by atoms with E-state index >= 15 is 0 Å². The first-order valence-electron chi connectivity index (χ1n) is 9.43. The van der Waals surface area contributed by atoms with Crippen LogP contribution in [0.5, 0.6) is 11.5 Å². The molecule has 0 aromatic heterocycles. The highest BCUT2D eigenvalue weighted by molar-refractivity contribution is 7.85. The smallest absolute Gasteiger partial charge is 0.294 e. The minimum atomic E-state index is -4.50. The van der Waals surface area contributed by atoms with Crippen molar-refractivity contribution in [3.8, 4) is 17.6 Å². The molecule has 0 heterocycles. The van der Waals surface area contributed by atoms with Crippen LogP contribution >= 0.6 is 0 Å². The summed E-state index contributed by atoms with van der Waals surface area (Å²) in [6.45, 7) is 0. The molecule has 0 saturated carbocycles. The van der Waals surface area contributed by atoms with Gasteiger partial charge in [-0.05, 0) is 41.8 Å². The quantitative estimate of drug-likeness (QED) is 0.361. The highest BCUT2D eigenvalue weighted by atomic mass is 32.2. The maximum Gasteiger partial charge on any atom is 0.294 e. The van der Waals surface area contributed by atoms with Gasteiger partial charge in [-0.1, -0.05) is 36.4 Å². The lowest BCUT2D eigenvalue weighted by molar-refractivity contribution is 0.417. The van der Waals surface area contributed by atoms with E-state index in [2.05, 4.69) is 6.07 Å². The molecule has 0 saturated heterocycles. The molecule has 4 rings (SSSR count). The van der Waals surface area contributed by atoms with Crippen LogP contribution in [0.3, 0.4) is 0 Å². The molecule has 0 amide bonds. The fourth-order valence-corrected chi connectivity index (χ4v) is 4.71. The number of rotatable bonds is 5. The molecule has 0 fully saturated rings. The molecule has 6 nitrogen and oxygen atoms in total. The molecule has 0 spiro atoms. The summed E-state index contributed by atoms with van der Waals surface area (Å²) < 4.78 is 45.9. The molecule has 156 valence electrons. The van der Waals surface area contributed by atoms with Crippen LogP contribution in [0.4, 0.5) is 0 Å². The standard InChI is InChI=1S/C24H19NO5S/c1-29-23-17-5-3-4-6-18(17)24(30-2)22-19(23)11-12-21(31(26,27)28)20(22)13-15-7-9-16(14-25)10-8-15/h3-12H,13H2,1-2H3,(H,26,27,28). The Kier molecular flexibility index (Phi) is 5.27. The van der Waals surface area contributed by atoms with Crippen molar-refractivity contribution < 1.29 is 22.4 Å². The second-order valence-electron chi connectivity index (χ2n) is 7.04. The SMILES string of the molecule is COc1c2ccccc2c(OC)c2c(Cc3ccc(C#N)cc3)c(S(=O)(=O)O)ccc12. The molecule has 4 aromatic carbocycles. The first-order chi connectivity index (χ1) is 14.9. The average Bonchev–Trinajstić information content (AvgIpc) is 2.77. The lowest BCUT2D eigenvalue weighted by Crippen LogP contribution is -2.06. The lowest BCUT2D eigenvalue weighted by atomic mass is 9.93. The van der Waals surface area contributed by atoms with Crippen molar-refractivity contribution in [2.45, 2.75) is 11.3 Å². The van der Waals surface area contributed by atoms with Gasteiger partial charge in [0.1, 0.15) is 11.5 Å². The molecular formula is C24H19NO5S. The van der Waals surface area contributed by atoms with E-state index in [4.69, 9.17) is 14.7 Å². The zero-order chi connectivity index (χ0) is 22.2. The van der Waals surface area contributed by atoms with Gasteiger partial charge >= 0.3 is 0 Å². The molecule has 7 heteroatoms. The summed E-state index contributed by atoms with van der Waals surface area (Å²) >= 11 is 0. The summed E-state index contributed by atoms with van der Waals surface area (Å²) in [6, 6.07) is 19.5. The van der Waals surface area contributed by atoms with Gasteiger partial charge in [0.15, 0.2) is 0 Å². The largest absolute Gasteiger partial charge is 0.495 e. The van der Waals surface area contributed by atoms with Crippen molar-refractivity contribution in [3.05, 3.63) is 77.4 Å². The van der Waals surface area contributed by atoms with E-state index in [0.29, 0.717) is 33.4 Å². The number of nitriles is 1. The summed E-state index contributed by atoms with van der Waals surface area (Å²) in [7, 11) is -1.42. The second-order valence-corrected chi connectivity index (χ2v) is 8.43. The van der Waals surface area contributed by atoms with Gasteiger partial charge in [0.2, 0.25) is 0 Å². The summed E-state index contributed by atoms with van der Waals surface area (Å²) in [5, 5.41) is 11.9. The number of methoxy groups -OCH3 is 2. The summed E-state index contributed by atoms with van der Waals surface area (Å²) in [4.78, 5) is -0.194. The first kappa shape index (κ1) is 20.7. The fourth-order valence-electron chi connectivity index (χ4n) is 3.99. The maximum absolute atomic E-state index is 12.2. The predicted octanol–water partition coefficient (Wildman–Crippen LogP) is 4.72. The van der Waals surface area contributed by atoms with Gasteiger partial charge in [-0.15, -0.1) is 0 Å². The third kappa shape index (κ3) is 3.56. The van der Waals surface area contributed by atoms with E-state index in [1.807, 2.05) is 24.3 Å². The normalized spacial score (nSPS) is 11.4. The summed E-state index contributed by atoms with van der Waals surface area (Å²) in [5.41, 5.74) is 1.68. The Morgan fingerprint density at radius 1 is 0.871 bits per heavy atom. The van der Waals surface area contributed by atoms with E-state index in [9.17, 15) is 13.0 Å². The van der Waals surface area contributed by atoms with Crippen LogP contribution < -0.4 is 9.47 Å². The topological polar surface area (TPSA) is 96.6 Å². The molecule has 0 unspecified atom stereocenters. The van der Waals surface area contributed by atoms with E-state index in [0.717, 1.165) is 16.3 Å². The van der Waals surface area contributed by atoms with Gasteiger partial charge in [0.25, 0.3) is 10.1 Å². The van der Waals surface area contributed by atoms with E-state index in [-0.39, 0.29) is 11.3 Å². The van der Waals surface area contributed by atoms with Crippen LogP contribution in [0.1, 0.15) is 16.7 Å². The molecule has 31 heavy (non-hydrogen) atoms. The monoisotopic (exact) mass is 433 g/mol. The van der Waals surface area contributed by atoms with Crippen LogP contribution in [0.2, 0.25) is 0 Å². The number of benzene rings is 4. The minimum Gasteiger partial charge on any atom is -0.495 e. The Balaban J connectivity index is 2.14. The third-order valence-corrected chi connectivity index (χ3v) is 6.25. The summed E-state index contributed by atoms with van der Waals surface area (Å²) in [5.74, 6) is 1.09. The van der Waals surface area contributed by atoms with Crippen LogP contribution in [0, 0.1) is 11.3 Å². The first-order valence-corrected chi connectivity index (χ1v) is 10.9. The third-order valence-electron chi connectivity index (χ3n) is 5.31. The van der Waals surface area contributed by atoms with Gasteiger partial charge in [0, 0.05) is 21.5 Å². The number of ether oxygens (including phenoxy) is 2. The molecule has 0 aliphatic rings. The van der Waals surface area contributed by atoms with Gasteiger partial charge in [0.05, 0.1) is 30.7 Å². The Morgan fingerprint density at radius 3 is 2.03 bits per heavy atom. The Hall–Kier alpha value is -3.60. The molecule has 4 aromatic rings. The van der Waals surface area contributed by atoms with Gasteiger partial charge in [-0.25, -0.2) is 0 Å². The van der Waals surface area contributed by atoms with Crippen molar-refractivity contribution in [1.82, 2.24) is 0 Å². The van der Waals surface area contributed by atoms with Crippen molar-refractivity contribution in [2.24, 2.45) is 0 Å². The molecule has 0 atom stereocenters. The van der Waals surface area contributed by atoms with Crippen molar-refractivity contribution in [1.29, 1.82) is 5.26 Å². The average molecular weight is 433 g/mol. The van der Waals surface area contributed by atoms with Crippen LogP contribution in [-0.4, -0.2) is 27.2 Å². The van der Waals surface area contributed by atoms with Crippen molar-refractivity contribution in [2.75, 3.05) is 14.2 Å². The molecule has 0 bridgehead atoms. The van der Waals surface area contributed by atoms with Gasteiger partial charge in [-0.3, -0.25) is 4.55 Å². The van der Waals surface area contributed by atoms with Crippen LogP contribution in [-0.2, 0) is 16.5 Å². The summed E-state index contributed by atoms with van der Waals surface area (Å²) in [6.07, 6.45) is 0.204. The molecule has 1 N–H and O–H groups in total. The molecule has 0 aliphatic carbocycles. The zero-order valence-corrected chi connectivity index (χ0v) is 17.7. The van der Waals surface area contributed by atoms with Gasteiger partial charge < -0.3 is 9.47 Å². The Morgan fingerprint density at radius 2 is 1.48 bits per heavy atom. The van der Waals surface area contributed by atoms with E-state index < -0.39 is 10.1 Å². The number of fused-ring (bicyclic) bond motifs is 2. The number of hydrogen-bond acceptors (Lipinski definition) is 5. The minimum absolute atomic E-state index is 0.194. The number of nitrogens with zero attached hydrogens (tertiary/aromatic N) is 1. The maximum atomic E-state index is 12.2. The highest BCUT2D eigenvalue weighted by Crippen LogP contribution is 2.45. The molecular weight excluding hydrogens is 414 g/mol. The number of hydrogen-bond donors (Lipinski definition) is 1. The van der Waals surface area contributed by atoms with Crippen molar-refractivity contribution in [3.63, 3.8) is 0 Å². The van der Waals surface area contributed by atoms with E-state index in [1.165, 1.54) is 13.2 Å². The van der Waals surface area contributed by atoms with E-state index in [1.54, 1.807) is 37.4 Å². The zero-order valence-electron chi connectivity index (χ0n) is 16.9. The molecule has 0 aliphatic heterocycles. The fraction of sp³-hybridized carbons (Fsp3) is 0.125. The van der Waals surface area contributed by atoms with Crippen LogP contribution in [0.15, 0.2) is 65.6 Å². The second kappa shape index (κ2) is 7.91. The lowest BCUT2D eigenvalue weighted by Gasteiger charge is -2.19. The van der Waals surface area contributed by atoms with Crippen molar-refractivity contribution >= 4 is 31.7 Å². The highest BCUT2D eigenvalue weighted by Gasteiger charge is 2.24. The van der Waals surface area contributed by atoms with Gasteiger partial charge in [-0.2, -0.15) is 13.7 Å². The Labute approximate surface area is 180 Å².